The van der Waals surface area contributed by atoms with Crippen molar-refractivity contribution in [1.82, 2.24) is 15.2 Å². The summed E-state index contributed by atoms with van der Waals surface area (Å²) in [7, 11) is 1.89. The highest BCUT2D eigenvalue weighted by Gasteiger charge is 2.25. The van der Waals surface area contributed by atoms with Crippen LogP contribution in [0.1, 0.15) is 16.8 Å². The van der Waals surface area contributed by atoms with E-state index in [-0.39, 0.29) is 5.91 Å². The Hall–Kier alpha value is -1.81. The lowest BCUT2D eigenvalue weighted by molar-refractivity contribution is 0.0746. The van der Waals surface area contributed by atoms with Gasteiger partial charge in [0.05, 0.1) is 5.56 Å². The summed E-state index contributed by atoms with van der Waals surface area (Å²) in [6.45, 7) is 1.89. The van der Waals surface area contributed by atoms with Gasteiger partial charge in [0.2, 0.25) is 0 Å². The highest BCUT2D eigenvalue weighted by Crippen LogP contribution is 2.20. The Bertz CT molecular complexity index is 569. The van der Waals surface area contributed by atoms with Crippen molar-refractivity contribution in [1.29, 1.82) is 0 Å². The number of rotatable bonds is 2. The number of carbonyl (C=O) groups excluding carboxylic acids is 1. The maximum Gasteiger partial charge on any atom is 0.256 e. The molecule has 4 heteroatoms. The van der Waals surface area contributed by atoms with Gasteiger partial charge >= 0.3 is 0 Å². The molecular weight excluding hydrogens is 226 g/mol. The van der Waals surface area contributed by atoms with Gasteiger partial charge < -0.3 is 15.2 Å². The fraction of sp³-hybridized carbons (Fsp3) is 0.357. The Kier molecular flexibility index (Phi) is 2.80. The molecule has 4 nitrogen and oxygen atoms in total. The van der Waals surface area contributed by atoms with E-state index in [9.17, 15) is 4.79 Å². The van der Waals surface area contributed by atoms with Crippen molar-refractivity contribution in [3.8, 4) is 0 Å². The molecule has 94 valence electrons. The summed E-state index contributed by atoms with van der Waals surface area (Å²) < 4.78 is 0. The van der Waals surface area contributed by atoms with Gasteiger partial charge in [-0.05, 0) is 19.0 Å². The van der Waals surface area contributed by atoms with E-state index >= 15 is 0 Å². The minimum absolute atomic E-state index is 0.0983. The van der Waals surface area contributed by atoms with Crippen LogP contribution in [0.25, 0.3) is 10.9 Å². The molecule has 1 atom stereocenters. The van der Waals surface area contributed by atoms with Gasteiger partial charge in [0, 0.05) is 36.7 Å². The van der Waals surface area contributed by atoms with Crippen LogP contribution in [0.2, 0.25) is 0 Å². The van der Waals surface area contributed by atoms with Crippen LogP contribution in [-0.2, 0) is 0 Å². The number of carbonyl (C=O) groups is 1. The molecule has 2 heterocycles. The summed E-state index contributed by atoms with van der Waals surface area (Å²) in [5.74, 6) is 0.0983. The number of para-hydroxylation sites is 1. The second-order valence-corrected chi connectivity index (χ2v) is 4.81. The second-order valence-electron chi connectivity index (χ2n) is 4.81. The minimum atomic E-state index is 0.0983. The van der Waals surface area contributed by atoms with Crippen LogP contribution >= 0.6 is 0 Å². The topological polar surface area (TPSA) is 48.1 Å². The largest absolute Gasteiger partial charge is 0.360 e. The summed E-state index contributed by atoms with van der Waals surface area (Å²) in [5.41, 5.74) is 1.78. The van der Waals surface area contributed by atoms with E-state index in [1.807, 2.05) is 42.4 Å². The first-order valence-corrected chi connectivity index (χ1v) is 6.31. The molecule has 2 N–H and O–H groups in total. The Labute approximate surface area is 106 Å². The van der Waals surface area contributed by atoms with E-state index in [2.05, 4.69) is 10.3 Å². The summed E-state index contributed by atoms with van der Waals surface area (Å²) in [6, 6.07) is 8.22. The molecule has 2 aromatic rings. The van der Waals surface area contributed by atoms with Crippen molar-refractivity contribution >= 4 is 16.8 Å². The molecule has 1 fully saturated rings. The summed E-state index contributed by atoms with van der Waals surface area (Å²) in [6.07, 6.45) is 2.84. The third-order valence-electron chi connectivity index (χ3n) is 3.72. The van der Waals surface area contributed by atoms with Gasteiger partial charge in [0.25, 0.3) is 5.91 Å². The predicted molar refractivity (Wildman–Crippen MR) is 71.7 cm³/mol. The van der Waals surface area contributed by atoms with E-state index in [0.29, 0.717) is 6.04 Å². The van der Waals surface area contributed by atoms with Crippen LogP contribution < -0.4 is 5.32 Å². The summed E-state index contributed by atoms with van der Waals surface area (Å²) in [4.78, 5) is 17.5. The number of fused-ring (bicyclic) bond motifs is 1. The molecule has 3 rings (SSSR count). The number of likely N-dealkylation sites (N-methyl/N-ethyl adjacent to an activating group) is 1. The first-order chi connectivity index (χ1) is 8.77. The van der Waals surface area contributed by atoms with Gasteiger partial charge in [-0.2, -0.15) is 0 Å². The zero-order valence-corrected chi connectivity index (χ0v) is 10.4. The number of benzene rings is 1. The fourth-order valence-electron chi connectivity index (χ4n) is 2.57. The van der Waals surface area contributed by atoms with Crippen molar-refractivity contribution < 1.29 is 4.79 Å². The number of aromatic amines is 1. The Morgan fingerprint density at radius 1 is 1.39 bits per heavy atom. The van der Waals surface area contributed by atoms with Crippen molar-refractivity contribution in [3.63, 3.8) is 0 Å². The molecule has 0 aliphatic carbocycles. The second kappa shape index (κ2) is 4.46. The van der Waals surface area contributed by atoms with E-state index in [1.54, 1.807) is 0 Å². The molecule has 18 heavy (non-hydrogen) atoms. The highest BCUT2D eigenvalue weighted by molar-refractivity contribution is 6.06. The van der Waals surface area contributed by atoms with Crippen LogP contribution in [0, 0.1) is 0 Å². The number of nitrogens with one attached hydrogen (secondary N) is 2. The number of H-pyrrole nitrogens is 1. The van der Waals surface area contributed by atoms with Crippen LogP contribution in [0.3, 0.4) is 0 Å². The average Bonchev–Trinajstić information content (AvgIpc) is 3.06. The van der Waals surface area contributed by atoms with Gasteiger partial charge in [-0.15, -0.1) is 0 Å². The van der Waals surface area contributed by atoms with Gasteiger partial charge in [0.1, 0.15) is 0 Å². The number of hydrogen-bond donors (Lipinski definition) is 2. The number of hydrogen-bond acceptors (Lipinski definition) is 2. The molecule has 1 aliphatic heterocycles. The van der Waals surface area contributed by atoms with E-state index < -0.39 is 0 Å². The number of amides is 1. The van der Waals surface area contributed by atoms with Gasteiger partial charge in [0.15, 0.2) is 0 Å². The maximum absolute atomic E-state index is 12.5. The SMILES string of the molecule is CN(C(=O)c1c[nH]c2ccccc12)C1CCNC1. The summed E-state index contributed by atoms with van der Waals surface area (Å²) in [5, 5.41) is 4.29. The Balaban J connectivity index is 1.91. The highest BCUT2D eigenvalue weighted by atomic mass is 16.2. The zero-order chi connectivity index (χ0) is 12.5. The lowest BCUT2D eigenvalue weighted by atomic mass is 10.1. The molecule has 0 spiro atoms. The third-order valence-corrected chi connectivity index (χ3v) is 3.72. The molecule has 1 aliphatic rings. The molecule has 1 aromatic carbocycles. The maximum atomic E-state index is 12.5. The molecule has 1 unspecified atom stereocenters. The lowest BCUT2D eigenvalue weighted by Crippen LogP contribution is -2.38. The quantitative estimate of drug-likeness (QED) is 0.841. The van der Waals surface area contributed by atoms with E-state index in [4.69, 9.17) is 0 Å². The Morgan fingerprint density at radius 3 is 3.00 bits per heavy atom. The zero-order valence-electron chi connectivity index (χ0n) is 10.4. The first-order valence-electron chi connectivity index (χ1n) is 6.31. The van der Waals surface area contributed by atoms with E-state index in [1.165, 1.54) is 0 Å². The molecule has 1 aromatic heterocycles. The fourth-order valence-corrected chi connectivity index (χ4v) is 2.57. The molecular formula is C14H17N3O. The van der Waals surface area contributed by atoms with Crippen molar-refractivity contribution in [3.05, 3.63) is 36.0 Å². The van der Waals surface area contributed by atoms with Crippen LogP contribution in [0.5, 0.6) is 0 Å². The number of nitrogens with zero attached hydrogens (tertiary/aromatic N) is 1. The van der Waals surface area contributed by atoms with Crippen LogP contribution in [0.4, 0.5) is 0 Å². The van der Waals surface area contributed by atoms with Gasteiger partial charge in [-0.1, -0.05) is 18.2 Å². The van der Waals surface area contributed by atoms with Crippen LogP contribution in [0.15, 0.2) is 30.5 Å². The normalized spacial score (nSPS) is 19.3. The molecule has 0 bridgehead atoms. The molecule has 1 saturated heterocycles. The minimum Gasteiger partial charge on any atom is -0.360 e. The lowest BCUT2D eigenvalue weighted by Gasteiger charge is -2.23. The van der Waals surface area contributed by atoms with Crippen molar-refractivity contribution in [2.75, 3.05) is 20.1 Å². The molecule has 0 radical (unpaired) electrons. The van der Waals surface area contributed by atoms with Crippen LogP contribution in [-0.4, -0.2) is 42.0 Å². The first kappa shape index (κ1) is 11.3. The summed E-state index contributed by atoms with van der Waals surface area (Å²) >= 11 is 0. The number of aromatic nitrogens is 1. The van der Waals surface area contributed by atoms with E-state index in [0.717, 1.165) is 36.0 Å². The molecule has 1 amide bonds. The van der Waals surface area contributed by atoms with Gasteiger partial charge in [-0.25, -0.2) is 0 Å². The average molecular weight is 243 g/mol. The third kappa shape index (κ3) is 1.78. The predicted octanol–water partition coefficient (Wildman–Crippen LogP) is 1.60. The van der Waals surface area contributed by atoms with Crippen molar-refractivity contribution in [2.24, 2.45) is 0 Å². The van der Waals surface area contributed by atoms with Crippen molar-refractivity contribution in [2.45, 2.75) is 12.5 Å². The smallest absolute Gasteiger partial charge is 0.256 e. The monoisotopic (exact) mass is 243 g/mol. The standard InChI is InChI=1S/C14H17N3O/c1-17(10-6-7-15-8-10)14(18)12-9-16-13-5-3-2-4-11(12)13/h2-5,9-10,15-16H,6-8H2,1H3. The Morgan fingerprint density at radius 2 is 2.22 bits per heavy atom. The molecule has 0 saturated carbocycles. The van der Waals surface area contributed by atoms with Gasteiger partial charge in [-0.3, -0.25) is 4.79 Å².